The fraction of sp³-hybridized carbons (Fsp3) is 0.462. The molecule has 0 spiro atoms. The van der Waals surface area contributed by atoms with E-state index in [1.807, 2.05) is 38.1 Å². The predicted octanol–water partition coefficient (Wildman–Crippen LogP) is 1.56. The largest absolute Gasteiger partial charge is 0.481 e. The Kier molecular flexibility index (Phi) is 2.72. The maximum atomic E-state index is 11.2. The fourth-order valence-electron chi connectivity index (χ4n) is 2.42. The highest BCUT2D eigenvalue weighted by Gasteiger charge is 2.44. The Balaban J connectivity index is 2.37. The van der Waals surface area contributed by atoms with Crippen molar-refractivity contribution < 1.29 is 9.90 Å². The molecule has 3 nitrogen and oxygen atoms in total. The molecule has 86 valence electrons. The van der Waals surface area contributed by atoms with E-state index in [9.17, 15) is 9.90 Å². The lowest BCUT2D eigenvalue weighted by Crippen LogP contribution is -2.36. The lowest BCUT2D eigenvalue weighted by Gasteiger charge is -2.28. The number of carbonyl (C=O) groups is 1. The van der Waals surface area contributed by atoms with Crippen molar-refractivity contribution in [2.45, 2.75) is 19.3 Å². The number of aryl methyl sites for hydroxylation is 1. The number of carboxylic acid groups (broad SMARTS) is 1. The van der Waals surface area contributed by atoms with E-state index in [0.717, 1.165) is 12.1 Å². The van der Waals surface area contributed by atoms with Gasteiger partial charge in [-0.2, -0.15) is 0 Å². The van der Waals surface area contributed by atoms with Crippen LogP contribution in [0.15, 0.2) is 24.3 Å². The van der Waals surface area contributed by atoms with Gasteiger partial charge in [0.1, 0.15) is 0 Å². The highest BCUT2D eigenvalue weighted by molar-refractivity contribution is 5.73. The van der Waals surface area contributed by atoms with Crippen LogP contribution in [0.5, 0.6) is 0 Å². The van der Waals surface area contributed by atoms with E-state index in [4.69, 9.17) is 0 Å². The highest BCUT2D eigenvalue weighted by Crippen LogP contribution is 2.35. The average Bonchev–Trinajstić information content (AvgIpc) is 2.62. The number of aliphatic carboxylic acids is 1. The van der Waals surface area contributed by atoms with Crippen molar-refractivity contribution in [2.75, 3.05) is 13.1 Å². The molecule has 1 aliphatic rings. The van der Waals surface area contributed by atoms with Crippen molar-refractivity contribution in [3.63, 3.8) is 0 Å². The van der Waals surface area contributed by atoms with Gasteiger partial charge < -0.3 is 10.4 Å². The molecular weight excluding hydrogens is 202 g/mol. The maximum Gasteiger partial charge on any atom is 0.308 e. The van der Waals surface area contributed by atoms with Crippen LogP contribution in [-0.2, 0) is 10.2 Å². The normalized spacial score (nSPS) is 29.2. The highest BCUT2D eigenvalue weighted by atomic mass is 16.4. The summed E-state index contributed by atoms with van der Waals surface area (Å²) in [6.07, 6.45) is 0. The summed E-state index contributed by atoms with van der Waals surface area (Å²) < 4.78 is 0. The van der Waals surface area contributed by atoms with Crippen molar-refractivity contribution in [2.24, 2.45) is 5.92 Å². The Bertz CT molecular complexity index is 399. The first-order chi connectivity index (χ1) is 7.54. The van der Waals surface area contributed by atoms with Gasteiger partial charge >= 0.3 is 5.97 Å². The molecule has 1 aromatic carbocycles. The van der Waals surface area contributed by atoms with Crippen molar-refractivity contribution in [1.29, 1.82) is 0 Å². The molecule has 0 radical (unpaired) electrons. The minimum atomic E-state index is -0.715. The van der Waals surface area contributed by atoms with E-state index in [1.165, 1.54) is 5.56 Å². The molecule has 1 saturated heterocycles. The molecule has 1 fully saturated rings. The molecule has 1 aromatic rings. The number of hydrogen-bond acceptors (Lipinski definition) is 2. The SMILES string of the molecule is Cc1ccc(C2(C)CNCC2C(=O)O)cc1. The second-order valence-corrected chi connectivity index (χ2v) is 4.81. The third kappa shape index (κ3) is 1.71. The quantitative estimate of drug-likeness (QED) is 0.793. The number of hydrogen-bond donors (Lipinski definition) is 2. The van der Waals surface area contributed by atoms with Gasteiger partial charge in [-0.3, -0.25) is 4.79 Å². The topological polar surface area (TPSA) is 49.3 Å². The molecule has 3 heteroatoms. The molecule has 2 rings (SSSR count). The van der Waals surface area contributed by atoms with E-state index in [2.05, 4.69) is 5.32 Å². The zero-order valence-electron chi connectivity index (χ0n) is 9.66. The second-order valence-electron chi connectivity index (χ2n) is 4.81. The van der Waals surface area contributed by atoms with Crippen molar-refractivity contribution >= 4 is 5.97 Å². The summed E-state index contributed by atoms with van der Waals surface area (Å²) in [4.78, 5) is 11.2. The standard InChI is InChI=1S/C13H17NO2/c1-9-3-5-10(6-4-9)13(2)8-14-7-11(13)12(15)16/h3-6,11,14H,7-8H2,1-2H3,(H,15,16). The van der Waals surface area contributed by atoms with E-state index in [0.29, 0.717) is 6.54 Å². The molecule has 1 heterocycles. The molecular formula is C13H17NO2. The summed E-state index contributed by atoms with van der Waals surface area (Å²) >= 11 is 0. The minimum Gasteiger partial charge on any atom is -0.481 e. The molecule has 16 heavy (non-hydrogen) atoms. The Morgan fingerprint density at radius 1 is 1.44 bits per heavy atom. The van der Waals surface area contributed by atoms with Crippen LogP contribution in [0.25, 0.3) is 0 Å². The van der Waals surface area contributed by atoms with E-state index >= 15 is 0 Å². The van der Waals surface area contributed by atoms with Gasteiger partial charge in [-0.1, -0.05) is 36.8 Å². The predicted molar refractivity (Wildman–Crippen MR) is 62.5 cm³/mol. The van der Waals surface area contributed by atoms with Gasteiger partial charge in [0.25, 0.3) is 0 Å². The number of rotatable bonds is 2. The Labute approximate surface area is 95.5 Å². The smallest absolute Gasteiger partial charge is 0.308 e. The molecule has 2 atom stereocenters. The first kappa shape index (κ1) is 11.1. The minimum absolute atomic E-state index is 0.292. The Hall–Kier alpha value is -1.35. The number of carboxylic acids is 1. The molecule has 0 bridgehead atoms. The number of benzene rings is 1. The lowest BCUT2D eigenvalue weighted by molar-refractivity contribution is -0.142. The number of nitrogens with one attached hydrogen (secondary N) is 1. The Morgan fingerprint density at radius 2 is 2.06 bits per heavy atom. The summed E-state index contributed by atoms with van der Waals surface area (Å²) in [5, 5.41) is 12.4. The van der Waals surface area contributed by atoms with E-state index in [-0.39, 0.29) is 11.3 Å². The van der Waals surface area contributed by atoms with Crippen LogP contribution in [0.1, 0.15) is 18.1 Å². The summed E-state index contributed by atoms with van der Waals surface area (Å²) in [7, 11) is 0. The zero-order valence-corrected chi connectivity index (χ0v) is 9.66. The molecule has 2 unspecified atom stereocenters. The van der Waals surface area contributed by atoms with Crippen LogP contribution in [0, 0.1) is 12.8 Å². The zero-order chi connectivity index (χ0) is 11.8. The van der Waals surface area contributed by atoms with Gasteiger partial charge in [-0.15, -0.1) is 0 Å². The van der Waals surface area contributed by atoms with E-state index in [1.54, 1.807) is 0 Å². The first-order valence-electron chi connectivity index (χ1n) is 5.55. The van der Waals surface area contributed by atoms with Crippen LogP contribution >= 0.6 is 0 Å². The van der Waals surface area contributed by atoms with Crippen LogP contribution in [0.2, 0.25) is 0 Å². The lowest BCUT2D eigenvalue weighted by atomic mass is 9.74. The summed E-state index contributed by atoms with van der Waals surface area (Å²) in [6.45, 7) is 5.34. The van der Waals surface area contributed by atoms with Gasteiger partial charge in [0.05, 0.1) is 5.92 Å². The molecule has 0 aromatic heterocycles. The van der Waals surface area contributed by atoms with Gasteiger partial charge in [-0.05, 0) is 12.5 Å². The molecule has 0 amide bonds. The van der Waals surface area contributed by atoms with Crippen LogP contribution in [-0.4, -0.2) is 24.2 Å². The van der Waals surface area contributed by atoms with Crippen molar-refractivity contribution in [3.05, 3.63) is 35.4 Å². The summed E-state index contributed by atoms with van der Waals surface area (Å²) in [5.41, 5.74) is 2.01. The fourth-order valence-corrected chi connectivity index (χ4v) is 2.42. The monoisotopic (exact) mass is 219 g/mol. The van der Waals surface area contributed by atoms with Crippen molar-refractivity contribution in [1.82, 2.24) is 5.32 Å². The molecule has 0 aliphatic carbocycles. The summed E-state index contributed by atoms with van der Waals surface area (Å²) in [6, 6.07) is 8.16. The van der Waals surface area contributed by atoms with Crippen LogP contribution in [0.3, 0.4) is 0 Å². The second kappa shape index (κ2) is 3.91. The average molecular weight is 219 g/mol. The van der Waals surface area contributed by atoms with Gasteiger partial charge in [0.2, 0.25) is 0 Å². The molecule has 2 N–H and O–H groups in total. The molecule has 1 aliphatic heterocycles. The van der Waals surface area contributed by atoms with Crippen LogP contribution in [0.4, 0.5) is 0 Å². The Morgan fingerprint density at radius 3 is 2.62 bits per heavy atom. The third-order valence-electron chi connectivity index (χ3n) is 3.62. The molecule has 0 saturated carbocycles. The van der Waals surface area contributed by atoms with Gasteiger partial charge in [0, 0.05) is 18.5 Å². The van der Waals surface area contributed by atoms with E-state index < -0.39 is 5.97 Å². The third-order valence-corrected chi connectivity index (χ3v) is 3.62. The van der Waals surface area contributed by atoms with Crippen molar-refractivity contribution in [3.8, 4) is 0 Å². The summed E-state index contributed by atoms with van der Waals surface area (Å²) in [5.74, 6) is -1.05. The van der Waals surface area contributed by atoms with Gasteiger partial charge in [-0.25, -0.2) is 0 Å². The van der Waals surface area contributed by atoms with Gasteiger partial charge in [0.15, 0.2) is 0 Å². The first-order valence-corrected chi connectivity index (χ1v) is 5.55. The maximum absolute atomic E-state index is 11.2. The van der Waals surface area contributed by atoms with Crippen LogP contribution < -0.4 is 5.32 Å².